The van der Waals surface area contributed by atoms with Gasteiger partial charge >= 0.3 is 5.97 Å². The van der Waals surface area contributed by atoms with Crippen molar-refractivity contribution in [1.82, 2.24) is 4.90 Å². The summed E-state index contributed by atoms with van der Waals surface area (Å²) in [7, 11) is 0. The first kappa shape index (κ1) is 16.8. The number of rotatable bonds is 8. The molecule has 0 aromatic rings. The molecular formula is C15H19NO5S. The van der Waals surface area contributed by atoms with Crippen LogP contribution in [-0.2, 0) is 14.4 Å². The number of hydrogen-bond acceptors (Lipinski definition) is 5. The van der Waals surface area contributed by atoms with Crippen LogP contribution in [0.15, 0.2) is 22.1 Å². The number of aliphatic carboxylic acids is 1. The van der Waals surface area contributed by atoms with E-state index in [1.165, 1.54) is 22.7 Å². The van der Waals surface area contributed by atoms with Crippen molar-refractivity contribution in [3.63, 3.8) is 0 Å². The molecule has 1 saturated heterocycles. The summed E-state index contributed by atoms with van der Waals surface area (Å²) in [6.45, 7) is 1.89. The molecule has 0 spiro atoms. The Balaban J connectivity index is 2.04. The maximum Gasteiger partial charge on any atom is 0.353 e. The van der Waals surface area contributed by atoms with E-state index in [1.807, 2.05) is 6.92 Å². The van der Waals surface area contributed by atoms with Gasteiger partial charge in [-0.1, -0.05) is 18.7 Å². The number of thioether (sulfide) groups is 1. The third-order valence-corrected chi connectivity index (χ3v) is 4.85. The Morgan fingerprint density at radius 1 is 1.45 bits per heavy atom. The van der Waals surface area contributed by atoms with Gasteiger partial charge in [0, 0.05) is 24.4 Å². The van der Waals surface area contributed by atoms with Crippen LogP contribution in [0.3, 0.4) is 0 Å². The molecule has 1 amide bonds. The van der Waals surface area contributed by atoms with Gasteiger partial charge in [-0.05, 0) is 24.3 Å². The predicted octanol–water partition coefficient (Wildman–Crippen LogP) is 1.51. The van der Waals surface area contributed by atoms with E-state index in [4.69, 9.17) is 5.11 Å². The van der Waals surface area contributed by atoms with Crippen LogP contribution in [0.1, 0.15) is 32.6 Å². The molecule has 120 valence electrons. The Labute approximate surface area is 132 Å². The average molecular weight is 325 g/mol. The largest absolute Gasteiger partial charge is 0.477 e. The fourth-order valence-electron chi connectivity index (χ4n) is 2.84. The van der Waals surface area contributed by atoms with E-state index >= 15 is 0 Å². The first-order chi connectivity index (χ1) is 10.5. The van der Waals surface area contributed by atoms with Gasteiger partial charge in [0.2, 0.25) is 5.91 Å². The Hall–Kier alpha value is -1.60. The predicted molar refractivity (Wildman–Crippen MR) is 81.8 cm³/mol. The van der Waals surface area contributed by atoms with Crippen LogP contribution >= 0.6 is 11.8 Å². The number of aliphatic hydroxyl groups is 1. The van der Waals surface area contributed by atoms with Gasteiger partial charge in [0.05, 0.1) is 12.0 Å². The third kappa shape index (κ3) is 3.10. The lowest BCUT2D eigenvalue weighted by Crippen LogP contribution is -2.58. The molecule has 0 aromatic carbocycles. The zero-order valence-corrected chi connectivity index (χ0v) is 13.1. The molecule has 2 aliphatic rings. The SMILES string of the molecule is CCC1C(=O)N2C(C(=O)O)=C(S/C=C/C(=O)CCCO)C[C@H]12. The highest BCUT2D eigenvalue weighted by atomic mass is 32.2. The number of ketones is 1. The summed E-state index contributed by atoms with van der Waals surface area (Å²) >= 11 is 1.19. The van der Waals surface area contributed by atoms with Crippen LogP contribution in [-0.4, -0.2) is 45.4 Å². The van der Waals surface area contributed by atoms with E-state index in [9.17, 15) is 19.5 Å². The van der Waals surface area contributed by atoms with Crippen molar-refractivity contribution in [3.8, 4) is 0 Å². The van der Waals surface area contributed by atoms with Crippen LogP contribution in [0.2, 0.25) is 0 Å². The van der Waals surface area contributed by atoms with Crippen molar-refractivity contribution in [2.45, 2.75) is 38.6 Å². The molecule has 2 atom stereocenters. The summed E-state index contributed by atoms with van der Waals surface area (Å²) < 4.78 is 0. The normalized spacial score (nSPS) is 23.9. The number of carboxylic acids is 1. The Morgan fingerprint density at radius 3 is 2.77 bits per heavy atom. The summed E-state index contributed by atoms with van der Waals surface area (Å²) in [6.07, 6.45) is 3.32. The fraction of sp³-hybridized carbons (Fsp3) is 0.533. The molecule has 2 rings (SSSR count). The zero-order valence-electron chi connectivity index (χ0n) is 12.3. The summed E-state index contributed by atoms with van der Waals surface area (Å²) in [5.74, 6) is -1.43. The molecular weight excluding hydrogens is 306 g/mol. The first-order valence-electron chi connectivity index (χ1n) is 7.27. The number of nitrogens with zero attached hydrogens (tertiary/aromatic N) is 1. The summed E-state index contributed by atoms with van der Waals surface area (Å²) in [5, 5.41) is 19.5. The maximum absolute atomic E-state index is 12.0. The number of β-lactam (4-membered cyclic amide) rings is 1. The van der Waals surface area contributed by atoms with Crippen molar-refractivity contribution < 1.29 is 24.6 Å². The molecule has 6 nitrogen and oxygen atoms in total. The molecule has 1 unspecified atom stereocenters. The van der Waals surface area contributed by atoms with Crippen molar-refractivity contribution >= 4 is 29.4 Å². The van der Waals surface area contributed by atoms with Gasteiger partial charge in [-0.15, -0.1) is 0 Å². The Bertz CT molecular complexity index is 554. The van der Waals surface area contributed by atoms with Gasteiger partial charge in [0.25, 0.3) is 0 Å². The molecule has 0 bridgehead atoms. The summed E-state index contributed by atoms with van der Waals surface area (Å²) in [6, 6.07) is -0.0513. The second-order valence-electron chi connectivity index (χ2n) is 5.29. The highest BCUT2D eigenvalue weighted by Crippen LogP contribution is 2.47. The molecule has 0 radical (unpaired) electrons. The number of aliphatic hydroxyl groups excluding tert-OH is 1. The van der Waals surface area contributed by atoms with Crippen LogP contribution in [0.5, 0.6) is 0 Å². The minimum atomic E-state index is -1.10. The molecule has 1 fully saturated rings. The fourth-order valence-corrected chi connectivity index (χ4v) is 3.78. The number of allylic oxidation sites excluding steroid dienone is 1. The van der Waals surface area contributed by atoms with E-state index in [0.29, 0.717) is 24.2 Å². The van der Waals surface area contributed by atoms with Crippen LogP contribution in [0.25, 0.3) is 0 Å². The van der Waals surface area contributed by atoms with Gasteiger partial charge < -0.3 is 15.1 Å². The average Bonchev–Trinajstić information content (AvgIpc) is 2.81. The molecule has 0 saturated carbocycles. The van der Waals surface area contributed by atoms with Crippen molar-refractivity contribution in [1.29, 1.82) is 0 Å². The molecule has 22 heavy (non-hydrogen) atoms. The Morgan fingerprint density at radius 2 is 2.18 bits per heavy atom. The van der Waals surface area contributed by atoms with Gasteiger partial charge in [-0.2, -0.15) is 0 Å². The number of carboxylic acid groups (broad SMARTS) is 1. The maximum atomic E-state index is 12.0. The number of hydrogen-bond donors (Lipinski definition) is 2. The molecule has 2 heterocycles. The van der Waals surface area contributed by atoms with E-state index in [0.717, 1.165) is 0 Å². The topological polar surface area (TPSA) is 94.9 Å². The van der Waals surface area contributed by atoms with Gasteiger partial charge in [-0.25, -0.2) is 4.79 Å². The molecule has 2 N–H and O–H groups in total. The molecule has 0 aromatic heterocycles. The van der Waals surface area contributed by atoms with Gasteiger partial charge in [0.1, 0.15) is 5.70 Å². The summed E-state index contributed by atoms with van der Waals surface area (Å²) in [4.78, 5) is 36.8. The van der Waals surface area contributed by atoms with E-state index < -0.39 is 5.97 Å². The van der Waals surface area contributed by atoms with E-state index in [2.05, 4.69) is 0 Å². The quantitative estimate of drug-likeness (QED) is 0.519. The standard InChI is InChI=1S/C15H19NO5S/c1-2-10-11-8-12(13(15(20)21)16(11)14(10)19)22-7-5-9(18)4-3-6-17/h5,7,10-11,17H,2-4,6,8H2,1H3,(H,20,21)/b7-5+/t10?,11-/m1/s1. The molecule has 0 aliphatic carbocycles. The van der Waals surface area contributed by atoms with E-state index in [1.54, 1.807) is 5.41 Å². The van der Waals surface area contributed by atoms with Crippen LogP contribution in [0.4, 0.5) is 0 Å². The van der Waals surface area contributed by atoms with Crippen LogP contribution < -0.4 is 0 Å². The van der Waals surface area contributed by atoms with Gasteiger partial charge in [-0.3, -0.25) is 9.59 Å². The lowest BCUT2D eigenvalue weighted by molar-refractivity contribution is -0.155. The zero-order chi connectivity index (χ0) is 16.3. The Kier molecular flexibility index (Phi) is 5.42. The number of amides is 1. The minimum absolute atomic E-state index is 0.0296. The van der Waals surface area contributed by atoms with Crippen molar-refractivity contribution in [3.05, 3.63) is 22.1 Å². The monoisotopic (exact) mass is 325 g/mol. The third-order valence-electron chi connectivity index (χ3n) is 3.94. The van der Waals surface area contributed by atoms with Gasteiger partial charge in [0.15, 0.2) is 5.78 Å². The highest BCUT2D eigenvalue weighted by Gasteiger charge is 2.54. The molecule has 7 heteroatoms. The number of fused-ring (bicyclic) bond motifs is 1. The summed E-state index contributed by atoms with van der Waals surface area (Å²) in [5.41, 5.74) is 0.0529. The number of carbonyl (C=O) groups excluding carboxylic acids is 2. The van der Waals surface area contributed by atoms with Crippen molar-refractivity contribution in [2.24, 2.45) is 5.92 Å². The van der Waals surface area contributed by atoms with E-state index in [-0.39, 0.29) is 42.4 Å². The van der Waals surface area contributed by atoms with Crippen LogP contribution in [0, 0.1) is 5.92 Å². The van der Waals surface area contributed by atoms with Crippen molar-refractivity contribution in [2.75, 3.05) is 6.61 Å². The number of carbonyl (C=O) groups is 3. The molecule has 2 aliphatic heterocycles. The second-order valence-corrected chi connectivity index (χ2v) is 6.29. The first-order valence-corrected chi connectivity index (χ1v) is 8.15. The highest BCUT2D eigenvalue weighted by molar-refractivity contribution is 8.05. The lowest BCUT2D eigenvalue weighted by Gasteiger charge is -2.42. The lowest BCUT2D eigenvalue weighted by atomic mass is 9.85. The second kappa shape index (κ2) is 7.11. The minimum Gasteiger partial charge on any atom is -0.477 e. The smallest absolute Gasteiger partial charge is 0.353 e.